The molecule has 7 nitrogen and oxygen atoms in total. The first-order valence-electron chi connectivity index (χ1n) is 8.93. The van der Waals surface area contributed by atoms with E-state index < -0.39 is 0 Å². The number of H-pyrrole nitrogens is 2. The highest BCUT2D eigenvalue weighted by atomic mass is 16.2. The molecule has 1 aromatic carbocycles. The summed E-state index contributed by atoms with van der Waals surface area (Å²) in [4.78, 5) is 29.4. The standard InChI is InChI=1S/C21H18N6O/c22-8-4-10-27(13-15-5-2-1-3-6-15)21(28)18-11-16(12-24-18)19-17-7-9-23-20(17)26-14-25-19/h1-3,5-7,9,11-12,14,24H,4,10,13H2,(H,23,25,26). The van der Waals surface area contributed by atoms with Crippen molar-refractivity contribution in [2.75, 3.05) is 6.54 Å². The van der Waals surface area contributed by atoms with Gasteiger partial charge in [0, 0.05) is 36.4 Å². The first-order valence-corrected chi connectivity index (χ1v) is 8.93. The Bertz CT molecular complexity index is 1140. The molecule has 138 valence electrons. The van der Waals surface area contributed by atoms with Gasteiger partial charge in [0.1, 0.15) is 17.7 Å². The van der Waals surface area contributed by atoms with Crippen LogP contribution in [-0.4, -0.2) is 37.3 Å². The minimum Gasteiger partial charge on any atom is -0.357 e. The number of nitrogens with one attached hydrogen (secondary N) is 2. The van der Waals surface area contributed by atoms with Gasteiger partial charge in [-0.25, -0.2) is 9.97 Å². The van der Waals surface area contributed by atoms with Crippen molar-refractivity contribution < 1.29 is 4.79 Å². The summed E-state index contributed by atoms with van der Waals surface area (Å²) in [6.45, 7) is 0.819. The molecular weight excluding hydrogens is 352 g/mol. The summed E-state index contributed by atoms with van der Waals surface area (Å²) >= 11 is 0. The number of amides is 1. The SMILES string of the molecule is N#CCCN(Cc1ccccc1)C(=O)c1cc(-c2ncnc3[nH]ccc23)c[nH]1. The fraction of sp³-hybridized carbons (Fsp3) is 0.143. The van der Waals surface area contributed by atoms with Crippen molar-refractivity contribution >= 4 is 16.9 Å². The molecule has 4 aromatic rings. The highest BCUT2D eigenvalue weighted by Gasteiger charge is 2.19. The minimum atomic E-state index is -0.148. The molecule has 0 aliphatic heterocycles. The lowest BCUT2D eigenvalue weighted by molar-refractivity contribution is 0.0741. The number of benzene rings is 1. The third kappa shape index (κ3) is 3.48. The maximum absolute atomic E-state index is 13.1. The van der Waals surface area contributed by atoms with Crippen LogP contribution in [0.25, 0.3) is 22.3 Å². The maximum Gasteiger partial charge on any atom is 0.270 e. The van der Waals surface area contributed by atoms with Crippen LogP contribution in [0.1, 0.15) is 22.5 Å². The average molecular weight is 370 g/mol. The number of hydrogen-bond acceptors (Lipinski definition) is 4. The summed E-state index contributed by atoms with van der Waals surface area (Å²) in [6.07, 6.45) is 5.36. The molecule has 0 unspecified atom stereocenters. The Morgan fingerprint density at radius 3 is 2.82 bits per heavy atom. The largest absolute Gasteiger partial charge is 0.357 e. The zero-order valence-electron chi connectivity index (χ0n) is 15.1. The molecule has 3 heterocycles. The quantitative estimate of drug-likeness (QED) is 0.542. The molecule has 28 heavy (non-hydrogen) atoms. The molecule has 0 saturated carbocycles. The molecule has 1 amide bonds. The lowest BCUT2D eigenvalue weighted by atomic mass is 10.1. The number of nitrogens with zero attached hydrogens (tertiary/aromatic N) is 4. The van der Waals surface area contributed by atoms with Gasteiger partial charge in [0.25, 0.3) is 5.91 Å². The molecule has 0 radical (unpaired) electrons. The highest BCUT2D eigenvalue weighted by Crippen LogP contribution is 2.25. The van der Waals surface area contributed by atoms with Crippen LogP contribution in [0.2, 0.25) is 0 Å². The smallest absolute Gasteiger partial charge is 0.270 e. The Labute approximate surface area is 161 Å². The third-order valence-corrected chi connectivity index (χ3v) is 4.54. The number of carbonyl (C=O) groups excluding carboxylic acids is 1. The second-order valence-electron chi connectivity index (χ2n) is 6.38. The zero-order chi connectivity index (χ0) is 19.3. The molecule has 4 rings (SSSR count). The summed E-state index contributed by atoms with van der Waals surface area (Å²) < 4.78 is 0. The Morgan fingerprint density at radius 1 is 1.14 bits per heavy atom. The van der Waals surface area contributed by atoms with Crippen LogP contribution in [0, 0.1) is 11.3 Å². The number of aromatic nitrogens is 4. The lowest BCUT2D eigenvalue weighted by Crippen LogP contribution is -2.31. The second-order valence-corrected chi connectivity index (χ2v) is 6.38. The van der Waals surface area contributed by atoms with Crippen LogP contribution in [0.15, 0.2) is 61.2 Å². The summed E-state index contributed by atoms with van der Waals surface area (Å²) in [5.41, 5.74) is 3.80. The van der Waals surface area contributed by atoms with Crippen LogP contribution in [0.5, 0.6) is 0 Å². The highest BCUT2D eigenvalue weighted by molar-refractivity contribution is 5.96. The van der Waals surface area contributed by atoms with Crippen molar-refractivity contribution in [1.29, 1.82) is 5.26 Å². The van der Waals surface area contributed by atoms with Gasteiger partial charge in [-0.2, -0.15) is 5.26 Å². The number of carbonyl (C=O) groups is 1. The van der Waals surface area contributed by atoms with E-state index in [0.717, 1.165) is 27.9 Å². The molecule has 0 aliphatic carbocycles. The van der Waals surface area contributed by atoms with E-state index in [1.807, 2.05) is 42.6 Å². The van der Waals surface area contributed by atoms with Crippen LogP contribution in [0.4, 0.5) is 0 Å². The number of nitriles is 1. The van der Waals surface area contributed by atoms with E-state index in [-0.39, 0.29) is 12.3 Å². The number of fused-ring (bicyclic) bond motifs is 1. The van der Waals surface area contributed by atoms with Gasteiger partial charge in [-0.1, -0.05) is 30.3 Å². The molecule has 0 bridgehead atoms. The Hall–Kier alpha value is -3.92. The summed E-state index contributed by atoms with van der Waals surface area (Å²) in [5, 5.41) is 9.85. The zero-order valence-corrected chi connectivity index (χ0v) is 15.1. The summed E-state index contributed by atoms with van der Waals surface area (Å²) in [5.74, 6) is -0.148. The molecule has 0 aliphatic rings. The van der Waals surface area contributed by atoms with Gasteiger partial charge >= 0.3 is 0 Å². The van der Waals surface area contributed by atoms with Gasteiger partial charge in [0.05, 0.1) is 18.2 Å². The topological polar surface area (TPSA) is 101 Å². The van der Waals surface area contributed by atoms with E-state index in [2.05, 4.69) is 26.0 Å². The molecule has 0 spiro atoms. The lowest BCUT2D eigenvalue weighted by Gasteiger charge is -2.21. The number of hydrogen-bond donors (Lipinski definition) is 2. The Morgan fingerprint density at radius 2 is 2.00 bits per heavy atom. The van der Waals surface area contributed by atoms with Crippen molar-refractivity contribution in [2.45, 2.75) is 13.0 Å². The molecular formula is C21H18N6O. The molecule has 0 saturated heterocycles. The van der Waals surface area contributed by atoms with Gasteiger partial charge < -0.3 is 14.9 Å². The molecule has 7 heteroatoms. The van der Waals surface area contributed by atoms with Gasteiger partial charge in [-0.15, -0.1) is 0 Å². The van der Waals surface area contributed by atoms with Crippen molar-refractivity contribution in [3.05, 3.63) is 72.4 Å². The minimum absolute atomic E-state index is 0.148. The normalized spacial score (nSPS) is 10.7. The second kappa shape index (κ2) is 7.76. The van der Waals surface area contributed by atoms with Crippen LogP contribution >= 0.6 is 0 Å². The maximum atomic E-state index is 13.1. The van der Waals surface area contributed by atoms with Gasteiger partial charge in [0.15, 0.2) is 0 Å². The van der Waals surface area contributed by atoms with Crippen molar-refractivity contribution in [2.24, 2.45) is 0 Å². The number of rotatable bonds is 6. The molecule has 2 N–H and O–H groups in total. The van der Waals surface area contributed by atoms with E-state index in [0.29, 0.717) is 18.8 Å². The van der Waals surface area contributed by atoms with Crippen molar-refractivity contribution in [3.8, 4) is 17.3 Å². The Kier molecular flexibility index (Phi) is 4.85. The van der Waals surface area contributed by atoms with E-state index in [1.165, 1.54) is 6.33 Å². The van der Waals surface area contributed by atoms with Crippen LogP contribution in [-0.2, 0) is 6.54 Å². The van der Waals surface area contributed by atoms with E-state index in [9.17, 15) is 4.79 Å². The predicted molar refractivity (Wildman–Crippen MR) is 105 cm³/mol. The summed E-state index contributed by atoms with van der Waals surface area (Å²) in [7, 11) is 0. The average Bonchev–Trinajstić information content (AvgIpc) is 3.40. The predicted octanol–water partition coefficient (Wildman–Crippen LogP) is 3.51. The van der Waals surface area contributed by atoms with E-state index in [4.69, 9.17) is 5.26 Å². The third-order valence-electron chi connectivity index (χ3n) is 4.54. The van der Waals surface area contributed by atoms with Crippen molar-refractivity contribution in [3.63, 3.8) is 0 Å². The van der Waals surface area contributed by atoms with E-state index in [1.54, 1.807) is 17.2 Å². The van der Waals surface area contributed by atoms with Gasteiger partial charge in [-0.3, -0.25) is 4.79 Å². The van der Waals surface area contributed by atoms with Gasteiger partial charge in [0.2, 0.25) is 0 Å². The monoisotopic (exact) mass is 370 g/mol. The Balaban J connectivity index is 1.61. The number of aromatic amines is 2. The molecule has 0 atom stereocenters. The first-order chi connectivity index (χ1) is 13.8. The van der Waals surface area contributed by atoms with Crippen molar-refractivity contribution in [1.82, 2.24) is 24.8 Å². The first kappa shape index (κ1) is 17.5. The molecule has 3 aromatic heterocycles. The molecule has 0 fully saturated rings. The summed E-state index contributed by atoms with van der Waals surface area (Å²) in [6, 6.07) is 15.6. The fourth-order valence-electron chi connectivity index (χ4n) is 3.17. The van der Waals surface area contributed by atoms with E-state index >= 15 is 0 Å². The fourth-order valence-corrected chi connectivity index (χ4v) is 3.17. The van der Waals surface area contributed by atoms with Crippen LogP contribution in [0.3, 0.4) is 0 Å². The van der Waals surface area contributed by atoms with Gasteiger partial charge in [-0.05, 0) is 17.7 Å². The van der Waals surface area contributed by atoms with Crippen LogP contribution < -0.4 is 0 Å².